The molecule has 0 saturated heterocycles. The first-order chi connectivity index (χ1) is 13.9. The van der Waals surface area contributed by atoms with E-state index in [0.717, 1.165) is 23.7 Å². The summed E-state index contributed by atoms with van der Waals surface area (Å²) in [4.78, 5) is 16.4. The molecule has 29 heavy (non-hydrogen) atoms. The molecule has 0 aliphatic heterocycles. The fraction of sp³-hybridized carbons (Fsp3) is 0.105. The highest BCUT2D eigenvalue weighted by molar-refractivity contribution is 5.95. The lowest BCUT2D eigenvalue weighted by atomic mass is 10.2. The molecule has 0 spiro atoms. The summed E-state index contributed by atoms with van der Waals surface area (Å²) in [5.41, 5.74) is 2.95. The summed E-state index contributed by atoms with van der Waals surface area (Å²) in [6.45, 7) is -6.32. The van der Waals surface area contributed by atoms with E-state index in [1.807, 2.05) is 12.1 Å². The first-order valence-electron chi connectivity index (χ1n) is 8.15. The van der Waals surface area contributed by atoms with Gasteiger partial charge in [-0.3, -0.25) is 4.79 Å². The molecular weight excluding hydrogens is 394 g/mol. The fourth-order valence-corrected chi connectivity index (χ4v) is 2.41. The van der Waals surface area contributed by atoms with Crippen molar-refractivity contribution in [2.75, 3.05) is 0 Å². The van der Waals surface area contributed by atoms with Crippen LogP contribution in [0.15, 0.2) is 59.7 Å². The number of carbonyl (C=O) groups excluding carboxylic acids is 1. The second-order valence-corrected chi connectivity index (χ2v) is 5.54. The van der Waals surface area contributed by atoms with Gasteiger partial charge in [0.05, 0.1) is 11.7 Å². The van der Waals surface area contributed by atoms with E-state index in [9.17, 15) is 22.4 Å². The third-order valence-electron chi connectivity index (χ3n) is 3.63. The summed E-state index contributed by atoms with van der Waals surface area (Å²) < 4.78 is 58.1. The van der Waals surface area contributed by atoms with Crippen molar-refractivity contribution in [2.45, 2.75) is 13.2 Å². The standard InChI is InChI=1S/C19H13F4N3O3/c20-18(21)28-13-7-5-12(16(9-13)29-19(22)23)10-24-26-17(27)15-8-6-11-3-1-2-4-14(11)25-15/h1-10,18-19H,(H,26,27)/b24-10+. The summed E-state index contributed by atoms with van der Waals surface area (Å²) in [6.07, 6.45) is 1.03. The maximum atomic E-state index is 12.6. The van der Waals surface area contributed by atoms with Crippen LogP contribution in [0.1, 0.15) is 16.1 Å². The van der Waals surface area contributed by atoms with Crippen LogP contribution in [0.3, 0.4) is 0 Å². The number of benzene rings is 2. The number of hydrogen-bond donors (Lipinski definition) is 1. The Morgan fingerprint density at radius 2 is 1.76 bits per heavy atom. The van der Waals surface area contributed by atoms with Gasteiger partial charge in [-0.2, -0.15) is 22.7 Å². The van der Waals surface area contributed by atoms with Gasteiger partial charge in [0.25, 0.3) is 5.91 Å². The van der Waals surface area contributed by atoms with Gasteiger partial charge >= 0.3 is 13.2 Å². The molecule has 0 aliphatic carbocycles. The Hall–Kier alpha value is -3.69. The molecule has 150 valence electrons. The number of fused-ring (bicyclic) bond motifs is 1. The monoisotopic (exact) mass is 407 g/mol. The zero-order chi connectivity index (χ0) is 20.8. The smallest absolute Gasteiger partial charge is 0.387 e. The molecule has 1 heterocycles. The van der Waals surface area contributed by atoms with Crippen LogP contribution in [-0.4, -0.2) is 30.3 Å². The summed E-state index contributed by atoms with van der Waals surface area (Å²) in [7, 11) is 0. The summed E-state index contributed by atoms with van der Waals surface area (Å²) in [6, 6.07) is 13.6. The van der Waals surface area contributed by atoms with Crippen LogP contribution in [0.5, 0.6) is 11.5 Å². The molecule has 0 unspecified atom stereocenters. The lowest BCUT2D eigenvalue weighted by molar-refractivity contribution is -0.0543. The van der Waals surface area contributed by atoms with Crippen LogP contribution >= 0.6 is 0 Å². The third kappa shape index (κ3) is 5.41. The van der Waals surface area contributed by atoms with Gasteiger partial charge in [0.1, 0.15) is 17.2 Å². The number of ether oxygens (including phenoxy) is 2. The van der Waals surface area contributed by atoms with Gasteiger partial charge < -0.3 is 9.47 Å². The van der Waals surface area contributed by atoms with Crippen molar-refractivity contribution in [3.63, 3.8) is 0 Å². The van der Waals surface area contributed by atoms with Gasteiger partial charge in [0, 0.05) is 17.0 Å². The minimum Gasteiger partial charge on any atom is -0.435 e. The number of alkyl halides is 4. The predicted octanol–water partition coefficient (Wildman–Crippen LogP) is 4.20. The van der Waals surface area contributed by atoms with Crippen LogP contribution < -0.4 is 14.9 Å². The highest BCUT2D eigenvalue weighted by Gasteiger charge is 2.13. The minimum absolute atomic E-state index is 0.0127. The molecule has 3 rings (SSSR count). The van der Waals surface area contributed by atoms with Gasteiger partial charge in [0.2, 0.25) is 0 Å². The zero-order valence-corrected chi connectivity index (χ0v) is 14.6. The average molecular weight is 407 g/mol. The van der Waals surface area contributed by atoms with E-state index in [4.69, 9.17) is 0 Å². The summed E-state index contributed by atoms with van der Waals surface area (Å²) >= 11 is 0. The van der Waals surface area contributed by atoms with Crippen LogP contribution in [0, 0.1) is 0 Å². The normalized spacial score (nSPS) is 11.4. The maximum Gasteiger partial charge on any atom is 0.387 e. The Balaban J connectivity index is 1.74. The van der Waals surface area contributed by atoms with Gasteiger partial charge in [-0.05, 0) is 24.3 Å². The van der Waals surface area contributed by atoms with Crippen molar-refractivity contribution in [2.24, 2.45) is 5.10 Å². The Kier molecular flexibility index (Phi) is 6.22. The molecule has 0 atom stereocenters. The van der Waals surface area contributed by atoms with Crippen molar-refractivity contribution in [3.05, 3.63) is 65.9 Å². The van der Waals surface area contributed by atoms with Gasteiger partial charge in [-0.1, -0.05) is 24.3 Å². The number of hydrazone groups is 1. The number of halogens is 4. The van der Waals surface area contributed by atoms with Gasteiger partial charge in [-0.15, -0.1) is 0 Å². The van der Waals surface area contributed by atoms with E-state index in [0.29, 0.717) is 5.52 Å². The molecule has 10 heteroatoms. The van der Waals surface area contributed by atoms with E-state index in [-0.39, 0.29) is 17.0 Å². The molecule has 0 radical (unpaired) electrons. The van der Waals surface area contributed by atoms with E-state index in [1.165, 1.54) is 12.1 Å². The van der Waals surface area contributed by atoms with Crippen molar-refractivity contribution < 1.29 is 31.8 Å². The zero-order valence-electron chi connectivity index (χ0n) is 14.6. The Labute approximate surface area is 161 Å². The topological polar surface area (TPSA) is 72.8 Å². The van der Waals surface area contributed by atoms with Crippen molar-refractivity contribution >= 4 is 23.0 Å². The van der Waals surface area contributed by atoms with E-state index in [2.05, 4.69) is 25.0 Å². The Morgan fingerprint density at radius 1 is 1.00 bits per heavy atom. The number of carbonyl (C=O) groups is 1. The van der Waals surface area contributed by atoms with Crippen LogP contribution in [0.4, 0.5) is 17.6 Å². The van der Waals surface area contributed by atoms with Crippen LogP contribution in [0.2, 0.25) is 0 Å². The minimum atomic E-state index is -3.19. The maximum absolute atomic E-state index is 12.6. The predicted molar refractivity (Wildman–Crippen MR) is 96.5 cm³/mol. The number of nitrogens with one attached hydrogen (secondary N) is 1. The van der Waals surface area contributed by atoms with Crippen molar-refractivity contribution in [3.8, 4) is 11.5 Å². The molecule has 0 bridgehead atoms. The number of pyridine rings is 1. The van der Waals surface area contributed by atoms with E-state index < -0.39 is 24.9 Å². The number of nitrogens with zero attached hydrogens (tertiary/aromatic N) is 2. The number of amides is 1. The number of aromatic nitrogens is 1. The summed E-state index contributed by atoms with van der Waals surface area (Å²) in [5, 5.41) is 4.53. The molecule has 1 N–H and O–H groups in total. The van der Waals surface area contributed by atoms with Crippen LogP contribution in [-0.2, 0) is 0 Å². The summed E-state index contributed by atoms with van der Waals surface area (Å²) in [5.74, 6) is -1.43. The van der Waals surface area contributed by atoms with Crippen molar-refractivity contribution in [1.82, 2.24) is 10.4 Å². The fourth-order valence-electron chi connectivity index (χ4n) is 2.41. The molecule has 3 aromatic rings. The SMILES string of the molecule is O=C(N/N=C/c1ccc(OC(F)F)cc1OC(F)F)c1ccc2ccccc2n1. The van der Waals surface area contributed by atoms with E-state index in [1.54, 1.807) is 18.2 Å². The lowest BCUT2D eigenvalue weighted by Gasteiger charge is -2.10. The molecule has 1 amide bonds. The quantitative estimate of drug-likeness (QED) is 0.362. The third-order valence-corrected chi connectivity index (χ3v) is 3.63. The Morgan fingerprint density at radius 3 is 2.52 bits per heavy atom. The molecule has 6 nitrogen and oxygen atoms in total. The van der Waals surface area contributed by atoms with Crippen LogP contribution in [0.25, 0.3) is 10.9 Å². The number of hydrogen-bond acceptors (Lipinski definition) is 5. The highest BCUT2D eigenvalue weighted by atomic mass is 19.3. The molecule has 0 aliphatic rings. The molecule has 2 aromatic carbocycles. The molecule has 0 saturated carbocycles. The highest BCUT2D eigenvalue weighted by Crippen LogP contribution is 2.26. The van der Waals surface area contributed by atoms with Gasteiger partial charge in [-0.25, -0.2) is 10.4 Å². The number of para-hydroxylation sites is 1. The molecular formula is C19H13F4N3O3. The first-order valence-corrected chi connectivity index (χ1v) is 8.15. The van der Waals surface area contributed by atoms with E-state index >= 15 is 0 Å². The second-order valence-electron chi connectivity index (χ2n) is 5.54. The molecule has 1 aromatic heterocycles. The number of rotatable bonds is 7. The second kappa shape index (κ2) is 9.00. The average Bonchev–Trinajstić information content (AvgIpc) is 2.68. The van der Waals surface area contributed by atoms with Crippen molar-refractivity contribution in [1.29, 1.82) is 0 Å². The first kappa shape index (κ1) is 20.1. The Bertz CT molecular complexity index is 1040. The molecule has 0 fully saturated rings. The van der Waals surface area contributed by atoms with Gasteiger partial charge in [0.15, 0.2) is 0 Å². The lowest BCUT2D eigenvalue weighted by Crippen LogP contribution is -2.19. The largest absolute Gasteiger partial charge is 0.435 e.